The smallest absolute Gasteiger partial charge is 0.146 e. The summed E-state index contributed by atoms with van der Waals surface area (Å²) in [5.41, 5.74) is 3.83. The van der Waals surface area contributed by atoms with Crippen molar-refractivity contribution in [3.8, 4) is 0 Å². The fourth-order valence-electron chi connectivity index (χ4n) is 2.25. The average Bonchev–Trinajstić information content (AvgIpc) is 2.31. The van der Waals surface area contributed by atoms with Crippen LogP contribution in [0.3, 0.4) is 0 Å². The minimum absolute atomic E-state index is 0.154. The second-order valence-corrected chi connectivity index (χ2v) is 4.33. The fourth-order valence-corrected chi connectivity index (χ4v) is 2.25. The number of hydrogen-bond donors (Lipinski definition) is 2. The Morgan fingerprint density at radius 2 is 2.00 bits per heavy atom. The molecule has 2 N–H and O–H groups in total. The molecule has 0 unspecified atom stereocenters. The third kappa shape index (κ3) is 2.74. The maximum Gasteiger partial charge on any atom is 0.146 e. The number of hydrogen-bond acceptors (Lipinski definition) is 4. The minimum Gasteiger partial charge on any atom is -0.366 e. The highest BCUT2D eigenvalue weighted by atomic mass is 19.1. The number of nitrogens with zero attached hydrogens (tertiary/aromatic N) is 2. The van der Waals surface area contributed by atoms with Gasteiger partial charge in [0.1, 0.15) is 5.82 Å². The summed E-state index contributed by atoms with van der Waals surface area (Å²) >= 11 is 0. The standard InChI is InChI=1S/C12H18FN3O/c1-10-3-2-4-11(13)12(10)16-7-5-15(6-8-16)9-14-17/h2-4,14,17H,5-9H2,1H3. The van der Waals surface area contributed by atoms with Crippen molar-refractivity contribution in [2.24, 2.45) is 0 Å². The molecule has 1 fully saturated rings. The van der Waals surface area contributed by atoms with E-state index in [9.17, 15) is 4.39 Å². The van der Waals surface area contributed by atoms with E-state index < -0.39 is 0 Å². The maximum absolute atomic E-state index is 13.8. The molecule has 1 aliphatic rings. The Hall–Kier alpha value is -1.17. The van der Waals surface area contributed by atoms with Crippen LogP contribution in [-0.2, 0) is 0 Å². The molecular weight excluding hydrogens is 221 g/mol. The molecule has 2 rings (SSSR count). The molecule has 1 aromatic carbocycles. The Balaban J connectivity index is 2.05. The van der Waals surface area contributed by atoms with Crippen molar-refractivity contribution >= 4 is 5.69 Å². The van der Waals surface area contributed by atoms with Crippen molar-refractivity contribution in [3.05, 3.63) is 29.6 Å². The normalized spacial score (nSPS) is 17.5. The molecule has 0 aliphatic carbocycles. The molecule has 5 heteroatoms. The Bertz CT molecular complexity index is 358. The number of aryl methyl sites for hydroxylation is 1. The van der Waals surface area contributed by atoms with Gasteiger partial charge in [-0.1, -0.05) is 12.1 Å². The van der Waals surface area contributed by atoms with Crippen LogP contribution < -0.4 is 10.4 Å². The number of halogens is 1. The fraction of sp³-hybridized carbons (Fsp3) is 0.500. The highest BCUT2D eigenvalue weighted by Crippen LogP contribution is 2.24. The van der Waals surface area contributed by atoms with E-state index in [1.165, 1.54) is 6.07 Å². The lowest BCUT2D eigenvalue weighted by atomic mass is 10.1. The van der Waals surface area contributed by atoms with Gasteiger partial charge in [-0.15, -0.1) is 0 Å². The first-order valence-corrected chi connectivity index (χ1v) is 5.81. The van der Waals surface area contributed by atoms with Gasteiger partial charge in [0, 0.05) is 26.2 Å². The first-order chi connectivity index (χ1) is 8.22. The van der Waals surface area contributed by atoms with Crippen LogP contribution >= 0.6 is 0 Å². The molecule has 0 atom stereocenters. The van der Waals surface area contributed by atoms with Crippen molar-refractivity contribution in [3.63, 3.8) is 0 Å². The lowest BCUT2D eigenvalue weighted by molar-refractivity contribution is 0.0943. The van der Waals surface area contributed by atoms with Crippen LogP contribution in [0, 0.1) is 12.7 Å². The molecule has 0 aromatic heterocycles. The molecule has 1 heterocycles. The van der Waals surface area contributed by atoms with Gasteiger partial charge in [0.2, 0.25) is 0 Å². The number of nitrogens with one attached hydrogen (secondary N) is 1. The number of anilines is 1. The van der Waals surface area contributed by atoms with E-state index in [1.54, 1.807) is 6.07 Å². The zero-order valence-electron chi connectivity index (χ0n) is 9.99. The van der Waals surface area contributed by atoms with E-state index >= 15 is 0 Å². The van der Waals surface area contributed by atoms with E-state index in [1.807, 2.05) is 13.0 Å². The molecule has 94 valence electrons. The predicted molar refractivity (Wildman–Crippen MR) is 64.7 cm³/mol. The third-order valence-electron chi connectivity index (χ3n) is 3.17. The molecule has 4 nitrogen and oxygen atoms in total. The third-order valence-corrected chi connectivity index (χ3v) is 3.17. The molecule has 1 aliphatic heterocycles. The van der Waals surface area contributed by atoms with Gasteiger partial charge in [-0.05, 0) is 18.6 Å². The summed E-state index contributed by atoms with van der Waals surface area (Å²) in [5, 5.41) is 8.62. The summed E-state index contributed by atoms with van der Waals surface area (Å²) in [6, 6.07) is 5.17. The van der Waals surface area contributed by atoms with Gasteiger partial charge in [-0.3, -0.25) is 4.90 Å². The average molecular weight is 239 g/mol. The van der Waals surface area contributed by atoms with Crippen molar-refractivity contribution in [2.45, 2.75) is 6.92 Å². The number of rotatable bonds is 3. The highest BCUT2D eigenvalue weighted by Gasteiger charge is 2.20. The Labute approximate surface area is 101 Å². The molecule has 1 saturated heterocycles. The predicted octanol–water partition coefficient (Wildman–Crippen LogP) is 1.19. The van der Waals surface area contributed by atoms with Crippen LogP contribution in [0.4, 0.5) is 10.1 Å². The molecule has 1 aromatic rings. The van der Waals surface area contributed by atoms with E-state index in [2.05, 4.69) is 15.3 Å². The zero-order valence-corrected chi connectivity index (χ0v) is 9.99. The quantitative estimate of drug-likeness (QED) is 0.777. The van der Waals surface area contributed by atoms with Crippen molar-refractivity contribution in [1.29, 1.82) is 0 Å². The molecular formula is C12H18FN3O. The lowest BCUT2D eigenvalue weighted by Crippen LogP contribution is -2.49. The van der Waals surface area contributed by atoms with Gasteiger partial charge in [0.15, 0.2) is 0 Å². The summed E-state index contributed by atoms with van der Waals surface area (Å²) in [6.45, 7) is 5.60. The summed E-state index contributed by atoms with van der Waals surface area (Å²) in [4.78, 5) is 4.16. The number of benzene rings is 1. The molecule has 0 bridgehead atoms. The Morgan fingerprint density at radius 3 is 2.59 bits per heavy atom. The number of hydroxylamine groups is 1. The van der Waals surface area contributed by atoms with Crippen molar-refractivity contribution in [1.82, 2.24) is 10.4 Å². The highest BCUT2D eigenvalue weighted by molar-refractivity contribution is 5.54. The SMILES string of the molecule is Cc1cccc(F)c1N1CCN(CNO)CC1. The first kappa shape index (κ1) is 12.3. The van der Waals surface area contributed by atoms with Crippen LogP contribution in [0.2, 0.25) is 0 Å². The van der Waals surface area contributed by atoms with Gasteiger partial charge in [-0.25, -0.2) is 4.39 Å². The monoisotopic (exact) mass is 239 g/mol. The summed E-state index contributed by atoms with van der Waals surface area (Å²) in [6.07, 6.45) is 0. The molecule has 0 amide bonds. The van der Waals surface area contributed by atoms with Gasteiger partial charge < -0.3 is 10.1 Å². The molecule has 0 radical (unpaired) electrons. The molecule has 0 spiro atoms. The van der Waals surface area contributed by atoms with E-state index in [0.29, 0.717) is 12.4 Å². The van der Waals surface area contributed by atoms with Gasteiger partial charge in [0.05, 0.1) is 12.4 Å². The van der Waals surface area contributed by atoms with Gasteiger partial charge >= 0.3 is 0 Å². The summed E-state index contributed by atoms with van der Waals surface area (Å²) in [5.74, 6) is -0.154. The number of piperazine rings is 1. The minimum atomic E-state index is -0.154. The lowest BCUT2D eigenvalue weighted by Gasteiger charge is -2.36. The second kappa shape index (κ2) is 5.44. The van der Waals surface area contributed by atoms with Crippen LogP contribution in [0.5, 0.6) is 0 Å². The largest absolute Gasteiger partial charge is 0.366 e. The van der Waals surface area contributed by atoms with Crippen LogP contribution in [0.15, 0.2) is 18.2 Å². The Morgan fingerprint density at radius 1 is 1.29 bits per heavy atom. The first-order valence-electron chi connectivity index (χ1n) is 5.81. The van der Waals surface area contributed by atoms with Crippen LogP contribution in [-0.4, -0.2) is 43.0 Å². The van der Waals surface area contributed by atoms with E-state index in [0.717, 1.165) is 31.7 Å². The van der Waals surface area contributed by atoms with Crippen LogP contribution in [0.25, 0.3) is 0 Å². The van der Waals surface area contributed by atoms with E-state index in [-0.39, 0.29) is 5.82 Å². The Kier molecular flexibility index (Phi) is 3.93. The van der Waals surface area contributed by atoms with E-state index in [4.69, 9.17) is 5.21 Å². The van der Waals surface area contributed by atoms with Crippen LogP contribution in [0.1, 0.15) is 5.56 Å². The van der Waals surface area contributed by atoms with Gasteiger partial charge in [0.25, 0.3) is 0 Å². The molecule has 0 saturated carbocycles. The second-order valence-electron chi connectivity index (χ2n) is 4.33. The summed E-state index contributed by atoms with van der Waals surface area (Å²) < 4.78 is 13.8. The molecule has 17 heavy (non-hydrogen) atoms. The summed E-state index contributed by atoms with van der Waals surface area (Å²) in [7, 11) is 0. The van der Waals surface area contributed by atoms with Crippen molar-refractivity contribution < 1.29 is 9.60 Å². The maximum atomic E-state index is 13.8. The van der Waals surface area contributed by atoms with Gasteiger partial charge in [-0.2, -0.15) is 5.48 Å². The zero-order chi connectivity index (χ0) is 12.3. The number of para-hydroxylation sites is 1. The topological polar surface area (TPSA) is 38.7 Å². The van der Waals surface area contributed by atoms with Crippen molar-refractivity contribution in [2.75, 3.05) is 37.7 Å².